The summed E-state index contributed by atoms with van der Waals surface area (Å²) in [4.78, 5) is 11.0. The van der Waals surface area contributed by atoms with Crippen LogP contribution < -0.4 is 0 Å². The summed E-state index contributed by atoms with van der Waals surface area (Å²) in [5.74, 6) is -1.31. The molecule has 1 spiro atoms. The van der Waals surface area contributed by atoms with Gasteiger partial charge in [-0.1, -0.05) is 26.0 Å². The number of nitrogens with zero attached hydrogens (tertiary/aromatic N) is 1. The minimum Gasteiger partial charge on any atom is -0.475 e. The van der Waals surface area contributed by atoms with Gasteiger partial charge in [0, 0.05) is 24.1 Å². The molecule has 1 aromatic heterocycles. The molecule has 2 heterocycles. The molecule has 1 N–H and O–H groups in total. The maximum atomic E-state index is 13.0. The number of allylic oxidation sites excluding steroid dienone is 2. The van der Waals surface area contributed by atoms with E-state index in [4.69, 9.17) is 9.52 Å². The number of aromatic carboxylic acids is 1. The smallest absolute Gasteiger partial charge is 0.371 e. The predicted molar refractivity (Wildman–Crippen MR) is 83.7 cm³/mol. The van der Waals surface area contributed by atoms with Crippen LogP contribution in [0.1, 0.15) is 43.0 Å². The van der Waals surface area contributed by atoms with E-state index in [9.17, 15) is 13.2 Å². The van der Waals surface area contributed by atoms with Crippen LogP contribution in [0, 0.1) is 18.3 Å². The van der Waals surface area contributed by atoms with Crippen molar-refractivity contribution in [3.8, 4) is 0 Å². The lowest BCUT2D eigenvalue weighted by Crippen LogP contribution is -2.67. The molecule has 23 heavy (non-hydrogen) atoms. The van der Waals surface area contributed by atoms with E-state index in [1.54, 1.807) is 0 Å². The van der Waals surface area contributed by atoms with Crippen molar-refractivity contribution in [1.82, 2.24) is 4.31 Å². The topological polar surface area (TPSA) is 87.8 Å². The number of carboxylic acid groups (broad SMARTS) is 1. The molecular weight excluding hydrogens is 318 g/mol. The van der Waals surface area contributed by atoms with Gasteiger partial charge < -0.3 is 9.52 Å². The van der Waals surface area contributed by atoms with Crippen LogP contribution in [0.4, 0.5) is 0 Å². The zero-order valence-corrected chi connectivity index (χ0v) is 14.3. The molecule has 1 saturated heterocycles. The Hall–Kier alpha value is -1.60. The first-order valence-corrected chi connectivity index (χ1v) is 9.14. The molecule has 0 aromatic carbocycles. The zero-order valence-electron chi connectivity index (χ0n) is 13.4. The molecule has 0 amide bonds. The summed E-state index contributed by atoms with van der Waals surface area (Å²) in [5, 5.41) is 9.00. The Morgan fingerprint density at radius 3 is 2.48 bits per heavy atom. The van der Waals surface area contributed by atoms with Gasteiger partial charge in [0.2, 0.25) is 15.8 Å². The van der Waals surface area contributed by atoms with Crippen LogP contribution in [0.15, 0.2) is 27.5 Å². The molecule has 0 bridgehead atoms. The lowest BCUT2D eigenvalue weighted by Gasteiger charge is -2.57. The average molecular weight is 339 g/mol. The summed E-state index contributed by atoms with van der Waals surface area (Å²) in [6.45, 7) is 6.00. The fraction of sp³-hybridized carbons (Fsp3) is 0.562. The van der Waals surface area contributed by atoms with Gasteiger partial charge in [0.15, 0.2) is 0 Å². The van der Waals surface area contributed by atoms with Crippen molar-refractivity contribution in [3.63, 3.8) is 0 Å². The van der Waals surface area contributed by atoms with Gasteiger partial charge in [0.05, 0.1) is 0 Å². The lowest BCUT2D eigenvalue weighted by molar-refractivity contribution is -0.0292. The Balaban J connectivity index is 1.96. The summed E-state index contributed by atoms with van der Waals surface area (Å²) in [6, 6.07) is 1.03. The Labute approximate surface area is 135 Å². The van der Waals surface area contributed by atoms with Crippen LogP contribution in [0.25, 0.3) is 0 Å². The number of sulfonamides is 1. The largest absolute Gasteiger partial charge is 0.475 e. The van der Waals surface area contributed by atoms with Crippen molar-refractivity contribution >= 4 is 16.0 Å². The van der Waals surface area contributed by atoms with Gasteiger partial charge in [-0.15, -0.1) is 0 Å². The summed E-state index contributed by atoms with van der Waals surface area (Å²) in [6.07, 6.45) is 6.02. The SMILES string of the molecule is Cc1oc(C(=O)O)cc1S(=O)(=O)N1CC2(CC=CC2)C1C(C)C. The zero-order chi connectivity index (χ0) is 17.0. The molecule has 3 rings (SSSR count). The summed E-state index contributed by atoms with van der Waals surface area (Å²) < 4.78 is 32.5. The summed E-state index contributed by atoms with van der Waals surface area (Å²) in [7, 11) is -3.75. The number of hydrogen-bond donors (Lipinski definition) is 1. The molecule has 6 nitrogen and oxygen atoms in total. The monoisotopic (exact) mass is 339 g/mol. The van der Waals surface area contributed by atoms with E-state index in [1.807, 2.05) is 13.8 Å². The second-order valence-electron chi connectivity index (χ2n) is 6.82. The maximum absolute atomic E-state index is 13.0. The molecule has 1 aliphatic heterocycles. The first-order valence-electron chi connectivity index (χ1n) is 7.69. The number of carbonyl (C=O) groups is 1. The van der Waals surface area contributed by atoms with Crippen molar-refractivity contribution in [2.45, 2.75) is 44.6 Å². The van der Waals surface area contributed by atoms with E-state index in [-0.39, 0.29) is 33.8 Å². The molecule has 0 radical (unpaired) electrons. The molecular formula is C16H21NO5S. The highest BCUT2D eigenvalue weighted by Crippen LogP contribution is 2.52. The van der Waals surface area contributed by atoms with Crippen molar-refractivity contribution in [2.24, 2.45) is 11.3 Å². The van der Waals surface area contributed by atoms with Gasteiger partial charge in [-0.25, -0.2) is 13.2 Å². The Kier molecular flexibility index (Phi) is 3.68. The Morgan fingerprint density at radius 2 is 2.00 bits per heavy atom. The molecule has 0 saturated carbocycles. The predicted octanol–water partition coefficient (Wildman–Crippen LogP) is 2.65. The van der Waals surface area contributed by atoms with E-state index >= 15 is 0 Å². The highest BCUT2D eigenvalue weighted by molar-refractivity contribution is 7.89. The van der Waals surface area contributed by atoms with Crippen molar-refractivity contribution in [1.29, 1.82) is 0 Å². The van der Waals surface area contributed by atoms with Crippen LogP contribution in [-0.4, -0.2) is 36.4 Å². The Morgan fingerprint density at radius 1 is 1.39 bits per heavy atom. The number of rotatable bonds is 4. The first-order chi connectivity index (χ1) is 10.7. The maximum Gasteiger partial charge on any atom is 0.371 e. The second kappa shape index (κ2) is 5.21. The van der Waals surface area contributed by atoms with Gasteiger partial charge in [0.25, 0.3) is 0 Å². The van der Waals surface area contributed by atoms with Gasteiger partial charge >= 0.3 is 5.97 Å². The van der Waals surface area contributed by atoms with Crippen LogP contribution >= 0.6 is 0 Å². The standard InChI is InChI=1S/C16H21NO5S/c1-10(2)14-16(6-4-5-7-16)9-17(14)23(20,21)13-8-12(15(18)19)22-11(13)3/h4-5,8,10,14H,6-7,9H2,1-3H3,(H,18,19). The molecule has 7 heteroatoms. The Bertz CT molecular complexity index is 766. The number of aryl methyl sites for hydroxylation is 1. The van der Waals surface area contributed by atoms with Gasteiger partial charge in [0.1, 0.15) is 10.7 Å². The molecule has 1 aliphatic carbocycles. The average Bonchev–Trinajstić information content (AvgIpc) is 3.03. The van der Waals surface area contributed by atoms with Crippen molar-refractivity contribution in [2.75, 3.05) is 6.54 Å². The fourth-order valence-electron chi connectivity index (χ4n) is 4.01. The number of hydrogen-bond acceptors (Lipinski definition) is 4. The first kappa shape index (κ1) is 16.3. The third kappa shape index (κ3) is 2.33. The summed E-state index contributed by atoms with van der Waals surface area (Å²) in [5.41, 5.74) is -0.00545. The van der Waals surface area contributed by atoms with Gasteiger partial charge in [-0.3, -0.25) is 0 Å². The van der Waals surface area contributed by atoms with Gasteiger partial charge in [-0.2, -0.15) is 4.31 Å². The third-order valence-corrected chi connectivity index (χ3v) is 6.86. The molecule has 1 unspecified atom stereocenters. The van der Waals surface area contributed by atoms with E-state index in [1.165, 1.54) is 11.2 Å². The second-order valence-corrected chi connectivity index (χ2v) is 8.68. The highest BCUT2D eigenvalue weighted by atomic mass is 32.2. The normalized spacial score (nSPS) is 23.6. The lowest BCUT2D eigenvalue weighted by atomic mass is 9.67. The van der Waals surface area contributed by atoms with E-state index in [0.29, 0.717) is 6.54 Å². The van der Waals surface area contributed by atoms with Gasteiger partial charge in [-0.05, 0) is 25.7 Å². The minimum atomic E-state index is -3.75. The molecule has 1 fully saturated rings. The fourth-order valence-corrected chi connectivity index (χ4v) is 6.12. The van der Waals surface area contributed by atoms with E-state index in [0.717, 1.165) is 18.9 Å². The third-order valence-electron chi connectivity index (χ3n) is 4.92. The van der Waals surface area contributed by atoms with Crippen LogP contribution in [-0.2, 0) is 10.0 Å². The quantitative estimate of drug-likeness (QED) is 0.852. The van der Waals surface area contributed by atoms with E-state index in [2.05, 4.69) is 12.2 Å². The van der Waals surface area contributed by atoms with Crippen LogP contribution in [0.3, 0.4) is 0 Å². The minimum absolute atomic E-state index is 0.00545. The highest BCUT2D eigenvalue weighted by Gasteiger charge is 2.58. The van der Waals surface area contributed by atoms with Crippen molar-refractivity contribution < 1.29 is 22.7 Å². The van der Waals surface area contributed by atoms with Crippen LogP contribution in [0.5, 0.6) is 0 Å². The van der Waals surface area contributed by atoms with E-state index < -0.39 is 16.0 Å². The van der Waals surface area contributed by atoms with Crippen molar-refractivity contribution in [3.05, 3.63) is 29.7 Å². The van der Waals surface area contributed by atoms with Crippen LogP contribution in [0.2, 0.25) is 0 Å². The number of carboxylic acids is 1. The molecule has 1 atom stereocenters. The molecule has 1 aromatic rings. The molecule has 2 aliphatic rings. The number of furan rings is 1. The molecule has 126 valence electrons. The summed E-state index contributed by atoms with van der Waals surface area (Å²) >= 11 is 0.